The van der Waals surface area contributed by atoms with Crippen LogP contribution in [0.1, 0.15) is 5.69 Å². The average Bonchev–Trinajstić information content (AvgIpc) is 3.02. The molecule has 0 aliphatic rings. The lowest BCUT2D eigenvalue weighted by Gasteiger charge is -2.02. The van der Waals surface area contributed by atoms with Crippen LogP contribution in [0, 0.1) is 17.7 Å². The van der Waals surface area contributed by atoms with Crippen LogP contribution in [0.4, 0.5) is 4.39 Å². The molecule has 0 fully saturated rings. The summed E-state index contributed by atoms with van der Waals surface area (Å²) in [5, 5.41) is 7.40. The molecule has 3 aromatic rings. The zero-order valence-electron chi connectivity index (χ0n) is 13.3. The predicted molar refractivity (Wildman–Crippen MR) is 90.4 cm³/mol. The van der Waals surface area contributed by atoms with Gasteiger partial charge in [-0.05, 0) is 24.3 Å². The first-order valence-electron chi connectivity index (χ1n) is 7.67. The molecular formula is C19H15FN2O3. The van der Waals surface area contributed by atoms with Crippen molar-refractivity contribution in [1.82, 2.24) is 10.5 Å². The van der Waals surface area contributed by atoms with Crippen molar-refractivity contribution in [3.8, 4) is 17.6 Å². The molecule has 1 aromatic heterocycles. The molecule has 126 valence electrons. The molecular weight excluding hydrogens is 323 g/mol. The second kappa shape index (κ2) is 7.97. The minimum atomic E-state index is -0.433. The zero-order chi connectivity index (χ0) is 17.5. The maximum Gasteiger partial charge on any atom is 0.226 e. The van der Waals surface area contributed by atoms with Gasteiger partial charge in [-0.3, -0.25) is 4.79 Å². The number of carbonyl (C=O) groups excluding carboxylic acids is 1. The summed E-state index contributed by atoms with van der Waals surface area (Å²) in [6.07, 6.45) is 0.115. The van der Waals surface area contributed by atoms with Crippen molar-refractivity contribution in [1.29, 1.82) is 0 Å². The summed E-state index contributed by atoms with van der Waals surface area (Å²) < 4.78 is 23.7. The van der Waals surface area contributed by atoms with Gasteiger partial charge < -0.3 is 14.6 Å². The number of amides is 1. The Bertz CT molecular complexity index is 940. The van der Waals surface area contributed by atoms with E-state index in [1.165, 1.54) is 12.1 Å². The summed E-state index contributed by atoms with van der Waals surface area (Å²) in [6, 6.07) is 13.5. The Balaban J connectivity index is 1.43. The smallest absolute Gasteiger partial charge is 0.226 e. The summed E-state index contributed by atoms with van der Waals surface area (Å²) in [7, 11) is 0. The highest BCUT2D eigenvalue weighted by molar-refractivity contribution is 5.86. The number of fused-ring (bicyclic) bond motifs is 1. The van der Waals surface area contributed by atoms with E-state index in [4.69, 9.17) is 9.26 Å². The standard InChI is InChI=1S/C19H15FN2O3/c20-15-8-2-4-10-18(15)24-12-6-5-11-21-19(23)13-16-14-7-1-3-9-17(14)25-22-16/h1-4,7-10H,11-13H2,(H,21,23). The fourth-order valence-electron chi connectivity index (χ4n) is 2.21. The summed E-state index contributed by atoms with van der Waals surface area (Å²) in [5.74, 6) is 4.98. The van der Waals surface area contributed by atoms with Crippen LogP contribution in [0.5, 0.6) is 5.75 Å². The maximum atomic E-state index is 13.3. The molecule has 5 nitrogen and oxygen atoms in total. The summed E-state index contributed by atoms with van der Waals surface area (Å²) in [4.78, 5) is 11.9. The second-order valence-electron chi connectivity index (χ2n) is 5.15. The highest BCUT2D eigenvalue weighted by Crippen LogP contribution is 2.18. The van der Waals surface area contributed by atoms with Gasteiger partial charge in [0.25, 0.3) is 0 Å². The number of hydrogen-bond donors (Lipinski definition) is 1. The molecule has 1 heterocycles. The third-order valence-electron chi connectivity index (χ3n) is 3.42. The minimum Gasteiger partial charge on any atom is -0.478 e. The number of aromatic nitrogens is 1. The lowest BCUT2D eigenvalue weighted by atomic mass is 10.1. The van der Waals surface area contributed by atoms with Gasteiger partial charge in [0, 0.05) is 5.39 Å². The number of carbonyl (C=O) groups is 1. The van der Waals surface area contributed by atoms with Gasteiger partial charge >= 0.3 is 0 Å². The largest absolute Gasteiger partial charge is 0.478 e. The molecule has 6 heteroatoms. The summed E-state index contributed by atoms with van der Waals surface area (Å²) in [5.41, 5.74) is 1.24. The molecule has 0 bridgehead atoms. The number of hydrogen-bond acceptors (Lipinski definition) is 4. The molecule has 2 aromatic carbocycles. The minimum absolute atomic E-state index is 0.0464. The topological polar surface area (TPSA) is 64.4 Å². The van der Waals surface area contributed by atoms with E-state index in [9.17, 15) is 9.18 Å². The second-order valence-corrected chi connectivity index (χ2v) is 5.15. The predicted octanol–water partition coefficient (Wildman–Crippen LogP) is 2.71. The highest BCUT2D eigenvalue weighted by Gasteiger charge is 2.11. The number of ether oxygens (including phenoxy) is 1. The Morgan fingerprint density at radius 3 is 2.84 bits per heavy atom. The van der Waals surface area contributed by atoms with Crippen molar-refractivity contribution < 1.29 is 18.4 Å². The molecule has 0 aliphatic carbocycles. The number of para-hydroxylation sites is 2. The molecule has 0 saturated heterocycles. The SMILES string of the molecule is O=C(Cc1noc2ccccc12)NCC#CCOc1ccccc1F. The number of nitrogens with zero attached hydrogens (tertiary/aromatic N) is 1. The molecule has 0 aliphatic heterocycles. The van der Waals surface area contributed by atoms with Crippen molar-refractivity contribution in [3.05, 3.63) is 60.0 Å². The van der Waals surface area contributed by atoms with Crippen LogP contribution in [-0.4, -0.2) is 24.2 Å². The third kappa shape index (κ3) is 4.36. The Kier molecular flexibility index (Phi) is 5.27. The fourth-order valence-corrected chi connectivity index (χ4v) is 2.21. The van der Waals surface area contributed by atoms with Gasteiger partial charge in [-0.2, -0.15) is 0 Å². The van der Waals surface area contributed by atoms with E-state index >= 15 is 0 Å². The van der Waals surface area contributed by atoms with Gasteiger partial charge in [-0.25, -0.2) is 4.39 Å². The molecule has 0 spiro atoms. The van der Waals surface area contributed by atoms with Gasteiger partial charge in [0.1, 0.15) is 12.3 Å². The number of halogens is 1. The van der Waals surface area contributed by atoms with Gasteiger partial charge in [0.15, 0.2) is 17.1 Å². The van der Waals surface area contributed by atoms with Crippen molar-refractivity contribution in [2.45, 2.75) is 6.42 Å². The Hall–Kier alpha value is -3.33. The van der Waals surface area contributed by atoms with E-state index in [0.29, 0.717) is 11.3 Å². The Labute approximate surface area is 143 Å². The first-order chi connectivity index (χ1) is 12.2. The summed E-state index contributed by atoms with van der Waals surface area (Å²) >= 11 is 0. The van der Waals surface area contributed by atoms with Crippen LogP contribution in [0.2, 0.25) is 0 Å². The fraction of sp³-hybridized carbons (Fsp3) is 0.158. The van der Waals surface area contributed by atoms with Gasteiger partial charge in [0.2, 0.25) is 5.91 Å². The highest BCUT2D eigenvalue weighted by atomic mass is 19.1. The quantitative estimate of drug-likeness (QED) is 0.727. The number of benzene rings is 2. The molecule has 0 saturated carbocycles. The maximum absolute atomic E-state index is 13.3. The van der Waals surface area contributed by atoms with Crippen molar-refractivity contribution >= 4 is 16.9 Å². The zero-order valence-corrected chi connectivity index (χ0v) is 13.3. The van der Waals surface area contributed by atoms with Crippen LogP contribution < -0.4 is 10.1 Å². The number of rotatable bonds is 5. The molecule has 1 amide bonds. The molecule has 1 N–H and O–H groups in total. The van der Waals surface area contributed by atoms with Crippen molar-refractivity contribution in [3.63, 3.8) is 0 Å². The van der Waals surface area contributed by atoms with Crippen LogP contribution >= 0.6 is 0 Å². The van der Waals surface area contributed by atoms with E-state index in [0.717, 1.165) is 5.39 Å². The molecule has 0 unspecified atom stereocenters. The lowest BCUT2D eigenvalue weighted by Crippen LogP contribution is -2.25. The van der Waals surface area contributed by atoms with E-state index in [2.05, 4.69) is 22.3 Å². The normalized spacial score (nSPS) is 10.1. The average molecular weight is 338 g/mol. The lowest BCUT2D eigenvalue weighted by molar-refractivity contribution is -0.120. The first kappa shape index (κ1) is 16.5. The van der Waals surface area contributed by atoms with E-state index in [1.54, 1.807) is 18.2 Å². The molecule has 0 radical (unpaired) electrons. The first-order valence-corrected chi connectivity index (χ1v) is 7.67. The van der Waals surface area contributed by atoms with E-state index in [-0.39, 0.29) is 31.2 Å². The van der Waals surface area contributed by atoms with Gasteiger partial charge in [-0.1, -0.05) is 41.3 Å². The summed E-state index contributed by atoms with van der Waals surface area (Å²) in [6.45, 7) is 0.222. The van der Waals surface area contributed by atoms with Crippen molar-refractivity contribution in [2.75, 3.05) is 13.2 Å². The van der Waals surface area contributed by atoms with E-state index in [1.807, 2.05) is 18.2 Å². The Morgan fingerprint density at radius 2 is 1.96 bits per heavy atom. The molecule has 25 heavy (non-hydrogen) atoms. The molecule has 0 atom stereocenters. The van der Waals surface area contributed by atoms with Gasteiger partial charge in [0.05, 0.1) is 13.0 Å². The molecule has 3 rings (SSSR count). The van der Waals surface area contributed by atoms with Crippen LogP contribution in [0.3, 0.4) is 0 Å². The van der Waals surface area contributed by atoms with Crippen LogP contribution in [0.15, 0.2) is 53.1 Å². The number of nitrogens with one attached hydrogen (secondary N) is 1. The van der Waals surface area contributed by atoms with Gasteiger partial charge in [-0.15, -0.1) is 0 Å². The Morgan fingerprint density at radius 1 is 1.16 bits per heavy atom. The van der Waals surface area contributed by atoms with Crippen LogP contribution in [-0.2, 0) is 11.2 Å². The monoisotopic (exact) mass is 338 g/mol. The van der Waals surface area contributed by atoms with Crippen LogP contribution in [0.25, 0.3) is 11.0 Å². The van der Waals surface area contributed by atoms with Crippen molar-refractivity contribution in [2.24, 2.45) is 0 Å². The third-order valence-corrected chi connectivity index (χ3v) is 3.42. The van der Waals surface area contributed by atoms with E-state index < -0.39 is 5.82 Å².